The molecule has 7 unspecified atom stereocenters. The van der Waals surface area contributed by atoms with Crippen LogP contribution in [-0.4, -0.2) is 116 Å². The number of nitrogens with two attached hydrogens (primary N) is 1. The van der Waals surface area contributed by atoms with Crippen LogP contribution >= 0.6 is 7.60 Å². The number of aromatic amines is 1. The lowest BCUT2D eigenvalue weighted by Gasteiger charge is -2.28. The van der Waals surface area contributed by atoms with Crippen LogP contribution in [0, 0.1) is 11.8 Å². The summed E-state index contributed by atoms with van der Waals surface area (Å²) < 4.78 is 17.6. The van der Waals surface area contributed by atoms with E-state index in [-0.39, 0.29) is 43.7 Å². The Labute approximate surface area is 327 Å². The molecule has 2 aromatic rings. The van der Waals surface area contributed by atoms with Crippen molar-refractivity contribution in [2.24, 2.45) is 17.6 Å². The maximum atomic E-state index is 13.9. The molecular formula is C37H57N8O10P. The third-order valence-electron chi connectivity index (χ3n) is 9.43. The molecule has 1 saturated heterocycles. The van der Waals surface area contributed by atoms with E-state index in [0.717, 1.165) is 19.3 Å². The van der Waals surface area contributed by atoms with Gasteiger partial charge in [-0.25, -0.2) is 4.98 Å². The van der Waals surface area contributed by atoms with Crippen molar-refractivity contribution in [3.63, 3.8) is 0 Å². The minimum atomic E-state index is -4.54. The number of primary amides is 1. The summed E-state index contributed by atoms with van der Waals surface area (Å²) in [5, 5.41) is 10.3. The van der Waals surface area contributed by atoms with E-state index in [0.29, 0.717) is 12.3 Å². The first-order valence-electron chi connectivity index (χ1n) is 18.8. The highest BCUT2D eigenvalue weighted by Gasteiger charge is 2.40. The van der Waals surface area contributed by atoms with Crippen molar-refractivity contribution in [1.29, 1.82) is 0 Å². The molecule has 56 heavy (non-hydrogen) atoms. The van der Waals surface area contributed by atoms with E-state index < -0.39 is 79.4 Å². The summed E-state index contributed by atoms with van der Waals surface area (Å²) in [7, 11) is -4.54. The van der Waals surface area contributed by atoms with Crippen LogP contribution in [0.3, 0.4) is 0 Å². The Hall–Kier alpha value is -4.64. The number of nitrogens with one attached hydrogen (secondary N) is 5. The Morgan fingerprint density at radius 2 is 1.64 bits per heavy atom. The standard InChI is InChI=1S/C37H57N8O10P/c1-22(2)15-29(43-37(51)31-17-28(19-45(31)25(5)46)55-14-10-9-13-26-11-7-6-8-12-26)36(50)42-30(16-27-18-39-21-40-27)35(49)41-24(4)34(48)44-32(33(38)47)23(3)20-56(52,53)54/h6-8,11-12,18,21-24,28-32H,9-10,13-17,19-20H2,1-5H3,(H2,38,47)(H,39,40)(H,41,49)(H,42,50)(H,43,51)(H,44,48)(H2,52,53,54). The summed E-state index contributed by atoms with van der Waals surface area (Å²) >= 11 is 0. The lowest BCUT2D eigenvalue weighted by atomic mass is 10.0. The van der Waals surface area contributed by atoms with Gasteiger partial charge in [-0.1, -0.05) is 51.1 Å². The van der Waals surface area contributed by atoms with Gasteiger partial charge < -0.3 is 51.4 Å². The first-order valence-corrected chi connectivity index (χ1v) is 20.6. The molecule has 1 aromatic heterocycles. The molecule has 1 fully saturated rings. The van der Waals surface area contributed by atoms with Crippen molar-refractivity contribution >= 4 is 43.0 Å². The predicted molar refractivity (Wildman–Crippen MR) is 205 cm³/mol. The zero-order chi connectivity index (χ0) is 41.6. The molecule has 0 radical (unpaired) electrons. The Kier molecular flexibility index (Phi) is 17.6. The van der Waals surface area contributed by atoms with Crippen LogP contribution in [0.5, 0.6) is 0 Å². The lowest BCUT2D eigenvalue weighted by molar-refractivity contribution is -0.138. The minimum Gasteiger partial charge on any atom is -0.376 e. The van der Waals surface area contributed by atoms with E-state index >= 15 is 0 Å². The summed E-state index contributed by atoms with van der Waals surface area (Å²) in [6.45, 7) is 8.46. The van der Waals surface area contributed by atoms with Crippen molar-refractivity contribution in [3.05, 3.63) is 54.1 Å². The molecule has 3 rings (SSSR count). The number of likely N-dealkylation sites (tertiary alicyclic amines) is 1. The minimum absolute atomic E-state index is 0.0692. The molecule has 19 heteroatoms. The summed E-state index contributed by atoms with van der Waals surface area (Å²) in [6, 6.07) is 4.15. The third kappa shape index (κ3) is 15.1. The molecule has 1 aliphatic rings. The summed E-state index contributed by atoms with van der Waals surface area (Å²) in [4.78, 5) is 106. The maximum absolute atomic E-state index is 13.9. The molecule has 310 valence electrons. The number of imidazole rings is 1. The predicted octanol–water partition coefficient (Wildman–Crippen LogP) is 0.285. The average Bonchev–Trinajstić information content (AvgIpc) is 3.79. The van der Waals surface area contributed by atoms with Crippen molar-refractivity contribution in [2.45, 2.75) is 109 Å². The number of amides is 6. The Bertz CT molecular complexity index is 1670. The molecule has 0 bridgehead atoms. The number of aromatic nitrogens is 2. The highest BCUT2D eigenvalue weighted by molar-refractivity contribution is 7.51. The molecule has 7 atom stereocenters. The van der Waals surface area contributed by atoms with Gasteiger partial charge >= 0.3 is 7.60 Å². The largest absolute Gasteiger partial charge is 0.376 e. The number of aryl methyl sites for hydroxylation is 1. The molecule has 2 heterocycles. The Balaban J connectivity index is 1.67. The molecule has 6 amide bonds. The van der Waals surface area contributed by atoms with Gasteiger partial charge in [0.15, 0.2) is 0 Å². The number of hydrogen-bond acceptors (Lipinski definition) is 9. The highest BCUT2D eigenvalue weighted by atomic mass is 31.2. The Morgan fingerprint density at radius 1 is 0.964 bits per heavy atom. The van der Waals surface area contributed by atoms with Crippen LogP contribution in [-0.2, 0) is 50.9 Å². The van der Waals surface area contributed by atoms with Crippen LogP contribution < -0.4 is 27.0 Å². The van der Waals surface area contributed by atoms with Gasteiger partial charge in [-0.05, 0) is 50.0 Å². The van der Waals surface area contributed by atoms with Gasteiger partial charge in [-0.2, -0.15) is 0 Å². The highest BCUT2D eigenvalue weighted by Crippen LogP contribution is 2.37. The maximum Gasteiger partial charge on any atom is 0.325 e. The number of rotatable bonds is 22. The third-order valence-corrected chi connectivity index (χ3v) is 10.5. The Morgan fingerprint density at radius 3 is 2.23 bits per heavy atom. The number of carbonyl (C=O) groups is 6. The summed E-state index contributed by atoms with van der Waals surface area (Å²) in [6.07, 6.45) is 4.77. The number of hydrogen-bond donors (Lipinski definition) is 8. The normalized spacial score (nSPS) is 18.3. The molecular weight excluding hydrogens is 747 g/mol. The van der Waals surface area contributed by atoms with Crippen LogP contribution in [0.2, 0.25) is 0 Å². The van der Waals surface area contributed by atoms with Crippen molar-refractivity contribution in [1.82, 2.24) is 36.1 Å². The second-order valence-corrected chi connectivity index (χ2v) is 16.5. The van der Waals surface area contributed by atoms with Gasteiger partial charge in [0.2, 0.25) is 35.4 Å². The summed E-state index contributed by atoms with van der Waals surface area (Å²) in [5.41, 5.74) is 7.10. The molecule has 18 nitrogen and oxygen atoms in total. The van der Waals surface area contributed by atoms with Crippen LogP contribution in [0.15, 0.2) is 42.9 Å². The SMILES string of the molecule is CC(=O)N1CC(OCCCCc2ccccc2)CC1C(=O)NC(CC(C)C)C(=O)NC(Cc1cnc[nH]1)C(=O)NC(C)C(=O)NC(C(N)=O)C(C)CP(=O)(O)O. The number of carbonyl (C=O) groups excluding carboxylic acids is 6. The number of unbranched alkanes of at least 4 members (excludes halogenated alkanes) is 1. The number of ether oxygens (including phenoxy) is 1. The number of nitrogens with zero attached hydrogens (tertiary/aromatic N) is 2. The molecule has 9 N–H and O–H groups in total. The molecule has 0 saturated carbocycles. The molecule has 0 aliphatic carbocycles. The smallest absolute Gasteiger partial charge is 0.325 e. The van der Waals surface area contributed by atoms with Crippen LogP contribution in [0.25, 0.3) is 0 Å². The topological polar surface area (TPSA) is 275 Å². The first kappa shape index (κ1) is 45.7. The second kappa shape index (κ2) is 21.6. The van der Waals surface area contributed by atoms with Crippen LogP contribution in [0.4, 0.5) is 0 Å². The van der Waals surface area contributed by atoms with Gasteiger partial charge in [0.05, 0.1) is 18.6 Å². The molecule has 0 spiro atoms. The van der Waals surface area contributed by atoms with Gasteiger partial charge in [0.1, 0.15) is 30.2 Å². The fraction of sp³-hybridized carbons (Fsp3) is 0.595. The van der Waals surface area contributed by atoms with E-state index in [4.69, 9.17) is 10.5 Å². The summed E-state index contributed by atoms with van der Waals surface area (Å²) in [5.74, 6) is -5.29. The monoisotopic (exact) mass is 804 g/mol. The van der Waals surface area contributed by atoms with E-state index in [9.17, 15) is 43.1 Å². The fourth-order valence-corrected chi connectivity index (χ4v) is 7.50. The average molecular weight is 805 g/mol. The zero-order valence-corrected chi connectivity index (χ0v) is 33.5. The zero-order valence-electron chi connectivity index (χ0n) is 32.6. The van der Waals surface area contributed by atoms with E-state index in [1.165, 1.54) is 43.8 Å². The van der Waals surface area contributed by atoms with Gasteiger partial charge in [0.25, 0.3) is 0 Å². The van der Waals surface area contributed by atoms with Crippen molar-refractivity contribution in [2.75, 3.05) is 19.3 Å². The van der Waals surface area contributed by atoms with Gasteiger partial charge in [0, 0.05) is 44.8 Å². The fourth-order valence-electron chi connectivity index (χ4n) is 6.54. The van der Waals surface area contributed by atoms with E-state index in [1.54, 1.807) is 0 Å². The van der Waals surface area contributed by atoms with Crippen molar-refractivity contribution in [3.8, 4) is 0 Å². The second-order valence-electron chi connectivity index (χ2n) is 14.8. The first-order chi connectivity index (χ1) is 26.3. The molecule has 1 aliphatic heterocycles. The lowest BCUT2D eigenvalue weighted by Crippen LogP contribution is -2.59. The number of benzene rings is 1. The van der Waals surface area contributed by atoms with E-state index in [2.05, 4.69) is 43.4 Å². The molecule has 1 aromatic carbocycles. The van der Waals surface area contributed by atoms with Crippen molar-refractivity contribution < 1.29 is 47.9 Å². The number of H-pyrrole nitrogens is 1. The van der Waals surface area contributed by atoms with Gasteiger partial charge in [-0.3, -0.25) is 33.3 Å². The van der Waals surface area contributed by atoms with E-state index in [1.807, 2.05) is 32.0 Å². The van der Waals surface area contributed by atoms with Gasteiger partial charge in [-0.15, -0.1) is 0 Å². The van der Waals surface area contributed by atoms with Crippen LogP contribution in [0.1, 0.15) is 71.6 Å². The quantitative estimate of drug-likeness (QED) is 0.0592.